The third-order valence-electron chi connectivity index (χ3n) is 5.51. The lowest BCUT2D eigenvalue weighted by Gasteiger charge is -2.13. The molecule has 0 spiro atoms. The first-order valence-corrected chi connectivity index (χ1v) is 10.9. The molecule has 0 saturated heterocycles. The predicted molar refractivity (Wildman–Crippen MR) is 141 cm³/mol. The highest BCUT2D eigenvalue weighted by Gasteiger charge is 2.10. The van der Waals surface area contributed by atoms with E-state index in [1.807, 2.05) is 60.7 Å². The fraction of sp³-hybridized carbons (Fsp3) is 0.231. The quantitative estimate of drug-likeness (QED) is 0.483. The molecule has 3 aromatic rings. The highest BCUT2D eigenvalue weighted by molar-refractivity contribution is 6.00. The lowest BCUT2D eigenvalue weighted by atomic mass is 10.1. The summed E-state index contributed by atoms with van der Waals surface area (Å²) in [7, 11) is 0. The van der Waals surface area contributed by atoms with Gasteiger partial charge in [0.25, 0.3) is 0 Å². The molecule has 2 N–H and O–H groups in total. The molecular weight excluding hydrogens is 471 g/mol. The topological polar surface area (TPSA) is 67.2 Å². The van der Waals surface area contributed by atoms with Gasteiger partial charge in [-0.05, 0) is 59.7 Å². The van der Waals surface area contributed by atoms with Gasteiger partial charge in [-0.1, -0.05) is 24.3 Å². The van der Waals surface area contributed by atoms with Crippen LogP contribution in [-0.4, -0.2) is 37.9 Å². The Kier molecular flexibility index (Phi) is 9.19. The standard InChI is InChI=1S/C26H26N4O2.2ClH/c1-2-4-22(18-32-24-11-7-20(8-12-24)26-29-15-16-30-26)21(3-1)17-31-23-9-5-19(6-10-23)25-27-13-14-28-25;;/h1-12H,13-18H2,(H,27,28)(H,29,30);2*1H. The average molecular weight is 499 g/mol. The number of aliphatic imine (C=N–C) groups is 2. The monoisotopic (exact) mass is 498 g/mol. The molecule has 34 heavy (non-hydrogen) atoms. The maximum atomic E-state index is 6.04. The van der Waals surface area contributed by atoms with E-state index in [4.69, 9.17) is 9.47 Å². The van der Waals surface area contributed by atoms with Crippen LogP contribution in [0.15, 0.2) is 82.8 Å². The minimum atomic E-state index is 0. The van der Waals surface area contributed by atoms with Crippen molar-refractivity contribution in [2.75, 3.05) is 26.2 Å². The summed E-state index contributed by atoms with van der Waals surface area (Å²) >= 11 is 0. The number of amidine groups is 2. The molecule has 5 rings (SSSR count). The molecule has 0 unspecified atom stereocenters. The molecule has 2 aliphatic heterocycles. The van der Waals surface area contributed by atoms with Crippen LogP contribution >= 0.6 is 24.8 Å². The van der Waals surface area contributed by atoms with Gasteiger partial charge < -0.3 is 20.1 Å². The Morgan fingerprint density at radius 3 is 1.35 bits per heavy atom. The molecular formula is C26H28Cl2N4O2. The van der Waals surface area contributed by atoms with Crippen LogP contribution in [0, 0.1) is 0 Å². The van der Waals surface area contributed by atoms with Gasteiger partial charge in [-0.25, -0.2) is 0 Å². The van der Waals surface area contributed by atoms with Crippen molar-refractivity contribution in [1.29, 1.82) is 0 Å². The maximum Gasteiger partial charge on any atom is 0.128 e. The minimum Gasteiger partial charge on any atom is -0.489 e. The molecule has 0 amide bonds. The Bertz CT molecular complexity index is 1040. The molecule has 0 fully saturated rings. The highest BCUT2D eigenvalue weighted by atomic mass is 35.5. The summed E-state index contributed by atoms with van der Waals surface area (Å²) < 4.78 is 12.1. The zero-order valence-electron chi connectivity index (χ0n) is 18.7. The molecule has 3 aromatic carbocycles. The number of hydrogen-bond acceptors (Lipinski definition) is 6. The van der Waals surface area contributed by atoms with E-state index in [-0.39, 0.29) is 24.8 Å². The smallest absolute Gasteiger partial charge is 0.128 e. The summed E-state index contributed by atoms with van der Waals surface area (Å²) in [5.74, 6) is 3.59. The number of rotatable bonds is 8. The largest absolute Gasteiger partial charge is 0.489 e. The number of ether oxygens (including phenoxy) is 2. The molecule has 6 nitrogen and oxygen atoms in total. The first-order valence-electron chi connectivity index (χ1n) is 10.9. The van der Waals surface area contributed by atoms with E-state index >= 15 is 0 Å². The van der Waals surface area contributed by atoms with Crippen LogP contribution in [0.5, 0.6) is 11.5 Å². The Hall–Kier alpha value is -3.22. The van der Waals surface area contributed by atoms with Gasteiger partial charge in [0.15, 0.2) is 0 Å². The number of nitrogens with one attached hydrogen (secondary N) is 2. The van der Waals surface area contributed by atoms with Gasteiger partial charge in [-0.3, -0.25) is 9.98 Å². The lowest BCUT2D eigenvalue weighted by molar-refractivity contribution is 0.285. The lowest BCUT2D eigenvalue weighted by Crippen LogP contribution is -2.19. The Morgan fingerprint density at radius 1 is 0.588 bits per heavy atom. The molecule has 0 aromatic heterocycles. The number of hydrogen-bond donors (Lipinski definition) is 2. The predicted octanol–water partition coefficient (Wildman–Crippen LogP) is 4.39. The normalized spacial score (nSPS) is 14.0. The summed E-state index contributed by atoms with van der Waals surface area (Å²) in [4.78, 5) is 8.91. The van der Waals surface area contributed by atoms with Crippen molar-refractivity contribution in [2.24, 2.45) is 9.98 Å². The fourth-order valence-corrected chi connectivity index (χ4v) is 3.76. The van der Waals surface area contributed by atoms with Crippen LogP contribution in [0.4, 0.5) is 0 Å². The van der Waals surface area contributed by atoms with Crippen LogP contribution in [0.25, 0.3) is 0 Å². The van der Waals surface area contributed by atoms with Crippen molar-refractivity contribution >= 4 is 36.5 Å². The molecule has 0 atom stereocenters. The van der Waals surface area contributed by atoms with Crippen LogP contribution < -0.4 is 20.1 Å². The van der Waals surface area contributed by atoms with Gasteiger partial charge in [0.05, 0.1) is 13.1 Å². The Balaban J connectivity index is 0.00000162. The van der Waals surface area contributed by atoms with Crippen molar-refractivity contribution in [3.05, 3.63) is 95.1 Å². The molecule has 0 aliphatic carbocycles. The van der Waals surface area contributed by atoms with Gasteiger partial charge in [-0.15, -0.1) is 24.8 Å². The van der Waals surface area contributed by atoms with E-state index in [9.17, 15) is 0 Å². The Labute approximate surface area is 212 Å². The summed E-state index contributed by atoms with van der Waals surface area (Å²) in [6, 6.07) is 24.3. The molecule has 2 heterocycles. The summed E-state index contributed by atoms with van der Waals surface area (Å²) in [6.45, 7) is 4.46. The van der Waals surface area contributed by atoms with E-state index < -0.39 is 0 Å². The van der Waals surface area contributed by atoms with Gasteiger partial charge in [0.2, 0.25) is 0 Å². The Morgan fingerprint density at radius 2 is 1.00 bits per heavy atom. The van der Waals surface area contributed by atoms with E-state index in [1.54, 1.807) is 0 Å². The summed E-state index contributed by atoms with van der Waals surface area (Å²) in [5, 5.41) is 6.58. The van der Waals surface area contributed by atoms with Gasteiger partial charge >= 0.3 is 0 Å². The molecule has 0 radical (unpaired) electrons. The van der Waals surface area contributed by atoms with Crippen LogP contribution in [0.1, 0.15) is 22.3 Å². The minimum absolute atomic E-state index is 0. The van der Waals surface area contributed by atoms with Crippen LogP contribution in [0.2, 0.25) is 0 Å². The second kappa shape index (κ2) is 12.3. The van der Waals surface area contributed by atoms with E-state index in [0.717, 1.165) is 71.6 Å². The first kappa shape index (κ1) is 25.4. The van der Waals surface area contributed by atoms with Crippen molar-refractivity contribution in [3.8, 4) is 11.5 Å². The number of halogens is 2. The maximum absolute atomic E-state index is 6.04. The van der Waals surface area contributed by atoms with Gasteiger partial charge in [0.1, 0.15) is 36.4 Å². The number of benzene rings is 3. The first-order chi connectivity index (χ1) is 15.8. The molecule has 2 aliphatic rings. The molecule has 8 heteroatoms. The summed E-state index contributed by atoms with van der Waals surface area (Å²) in [6.07, 6.45) is 0. The van der Waals surface area contributed by atoms with Crippen molar-refractivity contribution in [1.82, 2.24) is 10.6 Å². The second-order valence-electron chi connectivity index (χ2n) is 7.71. The molecule has 0 saturated carbocycles. The molecule has 178 valence electrons. The fourth-order valence-electron chi connectivity index (χ4n) is 3.76. The zero-order chi connectivity index (χ0) is 21.6. The third-order valence-corrected chi connectivity index (χ3v) is 5.51. The van der Waals surface area contributed by atoms with Crippen LogP contribution in [0.3, 0.4) is 0 Å². The third kappa shape index (κ3) is 6.22. The van der Waals surface area contributed by atoms with Crippen molar-refractivity contribution < 1.29 is 9.47 Å². The van der Waals surface area contributed by atoms with Gasteiger partial charge in [-0.2, -0.15) is 0 Å². The zero-order valence-corrected chi connectivity index (χ0v) is 20.3. The highest BCUT2D eigenvalue weighted by Crippen LogP contribution is 2.19. The van der Waals surface area contributed by atoms with E-state index in [1.165, 1.54) is 0 Å². The van der Waals surface area contributed by atoms with Crippen molar-refractivity contribution in [3.63, 3.8) is 0 Å². The van der Waals surface area contributed by atoms with Crippen LogP contribution in [-0.2, 0) is 13.2 Å². The van der Waals surface area contributed by atoms with Gasteiger partial charge in [0, 0.05) is 24.2 Å². The number of nitrogens with zero attached hydrogens (tertiary/aromatic N) is 2. The second-order valence-corrected chi connectivity index (χ2v) is 7.71. The van der Waals surface area contributed by atoms with E-state index in [2.05, 4.69) is 32.8 Å². The van der Waals surface area contributed by atoms with Crippen molar-refractivity contribution in [2.45, 2.75) is 13.2 Å². The molecule has 0 bridgehead atoms. The summed E-state index contributed by atoms with van der Waals surface area (Å²) in [5.41, 5.74) is 4.40. The SMILES string of the molecule is Cl.Cl.c1ccc(COc2ccc(C3=NCCN3)cc2)c(COc2ccc(C3=NCCN3)cc2)c1. The average Bonchev–Trinajstić information content (AvgIpc) is 3.58. The van der Waals surface area contributed by atoms with E-state index in [0.29, 0.717) is 13.2 Å².